The molecule has 2 aromatic rings. The van der Waals surface area contributed by atoms with Crippen molar-refractivity contribution in [1.29, 1.82) is 0 Å². The Labute approximate surface area is 114 Å². The second-order valence-electron chi connectivity index (χ2n) is 2.94. The Morgan fingerprint density at radius 1 is 1.33 bits per heavy atom. The van der Waals surface area contributed by atoms with Crippen molar-refractivity contribution in [2.24, 2.45) is 0 Å². The molecule has 0 amide bonds. The van der Waals surface area contributed by atoms with Crippen molar-refractivity contribution in [1.82, 2.24) is 0 Å². The van der Waals surface area contributed by atoms with Crippen LogP contribution in [0.3, 0.4) is 0 Å². The van der Waals surface area contributed by atoms with Gasteiger partial charge in [-0.15, -0.1) is 11.3 Å². The number of rotatable bonds is 2. The molecule has 1 aromatic carbocycles. The number of hydrogen-bond acceptors (Lipinski definition) is 2. The highest BCUT2D eigenvalue weighted by atomic mass is 127. The first-order valence-electron chi connectivity index (χ1n) is 4.22. The predicted molar refractivity (Wildman–Crippen MR) is 74.6 cm³/mol. The highest BCUT2D eigenvalue weighted by molar-refractivity contribution is 14.1. The maximum Gasteiger partial charge on any atom is 0.204 e. The summed E-state index contributed by atoms with van der Waals surface area (Å²) in [7, 11) is 0. The maximum absolute atomic E-state index is 12.1. The van der Waals surface area contributed by atoms with Crippen LogP contribution in [0.1, 0.15) is 15.2 Å². The van der Waals surface area contributed by atoms with Gasteiger partial charge in [0.2, 0.25) is 5.78 Å². The molecule has 0 saturated carbocycles. The normalized spacial score (nSPS) is 10.3. The van der Waals surface area contributed by atoms with Crippen molar-refractivity contribution in [2.75, 3.05) is 0 Å². The first-order chi connectivity index (χ1) is 7.18. The average Bonchev–Trinajstić information content (AvgIpc) is 2.63. The lowest BCUT2D eigenvalue weighted by molar-refractivity contribution is 0.104. The fourth-order valence-corrected chi connectivity index (χ4v) is 3.27. The van der Waals surface area contributed by atoms with Crippen LogP contribution in [0.5, 0.6) is 0 Å². The van der Waals surface area contributed by atoms with Crippen LogP contribution in [0.25, 0.3) is 0 Å². The van der Waals surface area contributed by atoms with Gasteiger partial charge in [0, 0.05) is 13.6 Å². The maximum atomic E-state index is 12.1. The lowest BCUT2D eigenvalue weighted by atomic mass is 10.1. The number of carbonyl (C=O) groups is 1. The zero-order valence-corrected chi connectivity index (χ0v) is 12.1. The van der Waals surface area contributed by atoms with E-state index >= 15 is 0 Å². The van der Waals surface area contributed by atoms with E-state index in [0.29, 0.717) is 0 Å². The van der Waals surface area contributed by atoms with E-state index in [9.17, 15) is 4.79 Å². The molecule has 0 aliphatic rings. The third-order valence-electron chi connectivity index (χ3n) is 1.91. The van der Waals surface area contributed by atoms with Crippen molar-refractivity contribution < 1.29 is 4.79 Å². The molecule has 1 heterocycles. The molecule has 0 fully saturated rings. The van der Waals surface area contributed by atoms with Crippen molar-refractivity contribution in [3.63, 3.8) is 0 Å². The third-order valence-corrected chi connectivity index (χ3v) is 4.42. The summed E-state index contributed by atoms with van der Waals surface area (Å²) in [5, 5.41) is 1.91. The first-order valence-corrected chi connectivity index (χ1v) is 6.97. The summed E-state index contributed by atoms with van der Waals surface area (Å²) in [6.45, 7) is 0. The molecule has 0 aliphatic heterocycles. The van der Waals surface area contributed by atoms with Crippen molar-refractivity contribution >= 4 is 55.6 Å². The molecule has 1 aromatic heterocycles. The Balaban J connectivity index is 2.41. The number of hydrogen-bond donors (Lipinski definition) is 0. The largest absolute Gasteiger partial charge is 0.288 e. The average molecular weight is 393 g/mol. The molecule has 1 nitrogen and oxygen atoms in total. The number of benzene rings is 1. The van der Waals surface area contributed by atoms with E-state index in [1.807, 2.05) is 35.7 Å². The van der Waals surface area contributed by atoms with E-state index in [1.165, 1.54) is 11.3 Å². The summed E-state index contributed by atoms with van der Waals surface area (Å²) in [6, 6.07) is 9.51. The molecule has 76 valence electrons. The first kappa shape index (κ1) is 11.3. The Kier molecular flexibility index (Phi) is 3.58. The van der Waals surface area contributed by atoms with Crippen LogP contribution in [0.2, 0.25) is 0 Å². The summed E-state index contributed by atoms with van der Waals surface area (Å²) in [4.78, 5) is 12.8. The van der Waals surface area contributed by atoms with Gasteiger partial charge in [0.25, 0.3) is 0 Å². The van der Waals surface area contributed by atoms with E-state index in [4.69, 9.17) is 0 Å². The second kappa shape index (κ2) is 4.76. The van der Waals surface area contributed by atoms with Gasteiger partial charge in [0.05, 0.1) is 4.88 Å². The Morgan fingerprint density at radius 2 is 2.13 bits per heavy atom. The van der Waals surface area contributed by atoms with Gasteiger partial charge < -0.3 is 0 Å². The Bertz CT molecular complexity index is 507. The van der Waals surface area contributed by atoms with E-state index in [-0.39, 0.29) is 5.78 Å². The number of carbonyl (C=O) groups excluding carboxylic acids is 1. The van der Waals surface area contributed by atoms with Gasteiger partial charge in [-0.2, -0.15) is 0 Å². The van der Waals surface area contributed by atoms with Crippen LogP contribution in [-0.2, 0) is 0 Å². The number of ketones is 1. The summed E-state index contributed by atoms with van der Waals surface area (Å²) in [5.41, 5.74) is 0.741. The van der Waals surface area contributed by atoms with Crippen LogP contribution in [-0.4, -0.2) is 5.78 Å². The highest BCUT2D eigenvalue weighted by Gasteiger charge is 2.13. The Hall–Kier alpha value is -0.200. The van der Waals surface area contributed by atoms with Crippen LogP contribution in [0.4, 0.5) is 0 Å². The SMILES string of the molecule is O=C(c1cccc(I)c1)c1sccc1Br. The van der Waals surface area contributed by atoms with Gasteiger partial charge >= 0.3 is 0 Å². The van der Waals surface area contributed by atoms with E-state index < -0.39 is 0 Å². The van der Waals surface area contributed by atoms with Gasteiger partial charge in [-0.05, 0) is 62.1 Å². The summed E-state index contributed by atoms with van der Waals surface area (Å²) >= 11 is 7.03. The summed E-state index contributed by atoms with van der Waals surface area (Å²) in [5.74, 6) is 0.0791. The predicted octanol–water partition coefficient (Wildman–Crippen LogP) is 4.35. The van der Waals surface area contributed by atoms with Crippen LogP contribution in [0, 0.1) is 3.57 Å². The molecule has 0 atom stereocenters. The quantitative estimate of drug-likeness (QED) is 0.548. The van der Waals surface area contributed by atoms with Crippen molar-refractivity contribution in [3.8, 4) is 0 Å². The molecule has 0 saturated heterocycles. The van der Waals surface area contributed by atoms with E-state index in [0.717, 1.165) is 18.5 Å². The van der Waals surface area contributed by atoms with Gasteiger partial charge in [-0.1, -0.05) is 12.1 Å². The summed E-state index contributed by atoms with van der Waals surface area (Å²) in [6.07, 6.45) is 0. The standard InChI is InChI=1S/C11H6BrIOS/c12-9-4-5-15-11(9)10(14)7-2-1-3-8(13)6-7/h1-6H. The minimum atomic E-state index is 0.0791. The number of thiophene rings is 1. The van der Waals surface area contributed by atoms with E-state index in [1.54, 1.807) is 0 Å². The van der Waals surface area contributed by atoms with Crippen LogP contribution in [0.15, 0.2) is 40.2 Å². The molecule has 15 heavy (non-hydrogen) atoms. The van der Waals surface area contributed by atoms with Gasteiger partial charge in [-0.25, -0.2) is 0 Å². The topological polar surface area (TPSA) is 17.1 Å². The van der Waals surface area contributed by atoms with Gasteiger partial charge in [0.15, 0.2) is 0 Å². The fraction of sp³-hybridized carbons (Fsp3) is 0. The van der Waals surface area contributed by atoms with Gasteiger partial charge in [-0.3, -0.25) is 4.79 Å². The molecule has 0 bridgehead atoms. The van der Waals surface area contributed by atoms with Crippen molar-refractivity contribution in [3.05, 3.63) is 54.2 Å². The summed E-state index contributed by atoms with van der Waals surface area (Å²) < 4.78 is 1.95. The minimum Gasteiger partial charge on any atom is -0.288 e. The van der Waals surface area contributed by atoms with Crippen LogP contribution < -0.4 is 0 Å². The lowest BCUT2D eigenvalue weighted by Crippen LogP contribution is -1.99. The molecule has 0 spiro atoms. The smallest absolute Gasteiger partial charge is 0.204 e. The molecule has 0 unspecified atom stereocenters. The number of halogens is 2. The minimum absolute atomic E-state index is 0.0791. The van der Waals surface area contributed by atoms with E-state index in [2.05, 4.69) is 38.5 Å². The highest BCUT2D eigenvalue weighted by Crippen LogP contribution is 2.25. The van der Waals surface area contributed by atoms with Crippen LogP contribution >= 0.6 is 49.9 Å². The molecule has 0 aliphatic carbocycles. The molecule has 4 heteroatoms. The molecule has 2 rings (SSSR count). The molecule has 0 radical (unpaired) electrons. The Morgan fingerprint density at radius 3 is 2.73 bits per heavy atom. The zero-order chi connectivity index (χ0) is 10.8. The zero-order valence-electron chi connectivity index (χ0n) is 7.54. The van der Waals surface area contributed by atoms with Crippen molar-refractivity contribution in [2.45, 2.75) is 0 Å². The lowest BCUT2D eigenvalue weighted by Gasteiger charge is -1.99. The third kappa shape index (κ3) is 2.49. The molecular weight excluding hydrogens is 387 g/mol. The monoisotopic (exact) mass is 392 g/mol. The fourth-order valence-electron chi connectivity index (χ4n) is 1.22. The molecule has 0 N–H and O–H groups in total. The molecular formula is C11H6BrIOS. The van der Waals surface area contributed by atoms with Gasteiger partial charge in [0.1, 0.15) is 0 Å². The second-order valence-corrected chi connectivity index (χ2v) is 5.95.